The highest BCUT2D eigenvalue weighted by molar-refractivity contribution is 6.44. The van der Waals surface area contributed by atoms with Crippen molar-refractivity contribution in [1.82, 2.24) is 0 Å². The molecule has 0 saturated heterocycles. The van der Waals surface area contributed by atoms with Gasteiger partial charge in [0.25, 0.3) is 0 Å². The molecule has 0 amide bonds. The first-order valence-corrected chi connectivity index (χ1v) is 9.38. The van der Waals surface area contributed by atoms with Crippen LogP contribution in [0.4, 0.5) is 0 Å². The number of nitrogens with zero attached hydrogens (tertiary/aromatic N) is 1. The Hall–Kier alpha value is -3.21. The maximum Gasteiger partial charge on any atom is 0.359 e. The highest BCUT2D eigenvalue weighted by atomic mass is 16.6. The normalized spacial score (nSPS) is 18.8. The number of esters is 2. The van der Waals surface area contributed by atoms with Crippen molar-refractivity contribution in [3.05, 3.63) is 83.9 Å². The molecule has 2 aromatic rings. The van der Waals surface area contributed by atoms with Gasteiger partial charge >= 0.3 is 11.9 Å². The summed E-state index contributed by atoms with van der Waals surface area (Å²) in [5, 5.41) is 0. The van der Waals surface area contributed by atoms with E-state index in [9.17, 15) is 9.59 Å². The lowest BCUT2D eigenvalue weighted by molar-refractivity contribution is -0.146. The van der Waals surface area contributed by atoms with Gasteiger partial charge in [-0.05, 0) is 5.56 Å². The second-order valence-electron chi connectivity index (χ2n) is 6.61. The van der Waals surface area contributed by atoms with E-state index in [0.717, 1.165) is 17.5 Å². The molecule has 0 N–H and O–H groups in total. The molecule has 0 unspecified atom stereocenters. The van der Waals surface area contributed by atoms with E-state index in [2.05, 4.69) is 4.99 Å². The van der Waals surface area contributed by atoms with Gasteiger partial charge in [0.15, 0.2) is 5.71 Å². The summed E-state index contributed by atoms with van der Waals surface area (Å²) in [5.74, 6) is -0.869. The Labute approximate surface area is 164 Å². The molecule has 1 heterocycles. The van der Waals surface area contributed by atoms with E-state index in [1.165, 1.54) is 6.08 Å². The van der Waals surface area contributed by atoms with Crippen molar-refractivity contribution in [2.24, 2.45) is 4.99 Å². The average Bonchev–Trinajstić information content (AvgIpc) is 3.04. The van der Waals surface area contributed by atoms with Crippen molar-refractivity contribution in [2.45, 2.75) is 38.5 Å². The molecular weight excluding hydrogens is 354 g/mol. The number of cyclic esters (lactones) is 1. The van der Waals surface area contributed by atoms with Crippen molar-refractivity contribution >= 4 is 17.7 Å². The Morgan fingerprint density at radius 3 is 2.46 bits per heavy atom. The predicted molar refractivity (Wildman–Crippen MR) is 107 cm³/mol. The van der Waals surface area contributed by atoms with Crippen LogP contribution in [-0.4, -0.2) is 23.4 Å². The zero-order valence-electron chi connectivity index (χ0n) is 15.8. The lowest BCUT2D eigenvalue weighted by Crippen LogP contribution is -2.27. The minimum absolute atomic E-state index is 0.218. The van der Waals surface area contributed by atoms with E-state index in [1.807, 2.05) is 67.6 Å². The van der Waals surface area contributed by atoms with E-state index >= 15 is 0 Å². The van der Waals surface area contributed by atoms with Gasteiger partial charge in [-0.25, -0.2) is 14.6 Å². The molecule has 0 aromatic heterocycles. The van der Waals surface area contributed by atoms with E-state index < -0.39 is 17.7 Å². The number of benzene rings is 2. The SMILES string of the molecule is CCC[C@@]1(C/C=C/C(=O)OCc2ccccc2)N=C(c2ccccc2)C(=O)O1. The zero-order valence-corrected chi connectivity index (χ0v) is 15.8. The van der Waals surface area contributed by atoms with E-state index in [-0.39, 0.29) is 6.61 Å². The molecule has 1 atom stereocenters. The molecule has 3 rings (SSSR count). The largest absolute Gasteiger partial charge is 0.458 e. The standard InChI is InChI=1S/C23H23NO4/c1-2-15-23(24-21(22(26)28-23)19-12-7-4-8-13-19)16-9-14-20(25)27-17-18-10-5-3-6-11-18/h3-14H,2,15-17H2,1H3/b14-9+/t23-/m1/s1. The first-order chi connectivity index (χ1) is 13.6. The molecule has 144 valence electrons. The molecule has 0 aliphatic carbocycles. The Balaban J connectivity index is 1.64. The number of carbonyl (C=O) groups is 2. The molecule has 5 nitrogen and oxygen atoms in total. The second-order valence-corrected chi connectivity index (χ2v) is 6.61. The summed E-state index contributed by atoms with van der Waals surface area (Å²) in [6.45, 7) is 2.22. The molecular formula is C23H23NO4. The third kappa shape index (κ3) is 4.94. The van der Waals surface area contributed by atoms with Crippen molar-refractivity contribution in [1.29, 1.82) is 0 Å². The summed E-state index contributed by atoms with van der Waals surface area (Å²) in [4.78, 5) is 28.9. The number of hydrogen-bond acceptors (Lipinski definition) is 5. The van der Waals surface area contributed by atoms with Crippen LogP contribution in [0.15, 0.2) is 77.8 Å². The van der Waals surface area contributed by atoms with Gasteiger partial charge in [-0.2, -0.15) is 0 Å². The number of hydrogen-bond donors (Lipinski definition) is 0. The van der Waals surface area contributed by atoms with Crippen LogP contribution in [0.25, 0.3) is 0 Å². The van der Waals surface area contributed by atoms with Gasteiger partial charge in [0, 0.05) is 24.5 Å². The summed E-state index contributed by atoms with van der Waals surface area (Å²) >= 11 is 0. The Morgan fingerprint density at radius 2 is 1.79 bits per heavy atom. The predicted octanol–water partition coefficient (Wildman–Crippen LogP) is 4.22. The molecule has 1 aliphatic heterocycles. The summed E-state index contributed by atoms with van der Waals surface area (Å²) in [7, 11) is 0. The summed E-state index contributed by atoms with van der Waals surface area (Å²) in [6, 6.07) is 18.7. The maximum absolute atomic E-state index is 12.4. The quantitative estimate of drug-likeness (QED) is 0.510. The number of aliphatic imine (C=N–C) groups is 1. The van der Waals surface area contributed by atoms with Crippen LogP contribution in [0.5, 0.6) is 0 Å². The smallest absolute Gasteiger partial charge is 0.359 e. The third-order valence-electron chi connectivity index (χ3n) is 4.39. The zero-order chi connectivity index (χ0) is 19.8. The number of carbonyl (C=O) groups excluding carboxylic acids is 2. The molecule has 0 spiro atoms. The lowest BCUT2D eigenvalue weighted by Gasteiger charge is -2.22. The van der Waals surface area contributed by atoms with Crippen LogP contribution in [0.2, 0.25) is 0 Å². The average molecular weight is 377 g/mol. The third-order valence-corrected chi connectivity index (χ3v) is 4.39. The number of ether oxygens (including phenoxy) is 2. The fourth-order valence-electron chi connectivity index (χ4n) is 3.07. The highest BCUT2D eigenvalue weighted by Crippen LogP contribution is 2.31. The lowest BCUT2D eigenvalue weighted by atomic mass is 10.0. The molecule has 0 radical (unpaired) electrons. The minimum atomic E-state index is -0.965. The molecule has 0 fully saturated rings. The molecule has 0 saturated carbocycles. The van der Waals surface area contributed by atoms with Crippen molar-refractivity contribution < 1.29 is 19.1 Å². The first kappa shape index (κ1) is 19.5. The van der Waals surface area contributed by atoms with Gasteiger partial charge in [-0.1, -0.05) is 80.1 Å². The van der Waals surface area contributed by atoms with Crippen LogP contribution in [0.1, 0.15) is 37.3 Å². The van der Waals surface area contributed by atoms with Crippen LogP contribution in [-0.2, 0) is 25.7 Å². The van der Waals surface area contributed by atoms with Gasteiger partial charge in [0.05, 0.1) is 0 Å². The Kier molecular flexibility index (Phi) is 6.37. The second kappa shape index (κ2) is 9.13. The number of rotatable bonds is 8. The maximum atomic E-state index is 12.4. The first-order valence-electron chi connectivity index (χ1n) is 9.38. The molecule has 1 aliphatic rings. The minimum Gasteiger partial charge on any atom is -0.458 e. The molecule has 2 aromatic carbocycles. The Morgan fingerprint density at radius 1 is 1.11 bits per heavy atom. The van der Waals surface area contributed by atoms with Gasteiger partial charge in [-0.3, -0.25) is 0 Å². The van der Waals surface area contributed by atoms with Crippen LogP contribution in [0.3, 0.4) is 0 Å². The van der Waals surface area contributed by atoms with Crippen LogP contribution in [0, 0.1) is 0 Å². The molecule has 28 heavy (non-hydrogen) atoms. The van der Waals surface area contributed by atoms with Gasteiger partial charge in [-0.15, -0.1) is 0 Å². The van der Waals surface area contributed by atoms with Crippen molar-refractivity contribution in [2.75, 3.05) is 0 Å². The summed E-state index contributed by atoms with van der Waals surface area (Å²) < 4.78 is 10.8. The van der Waals surface area contributed by atoms with E-state index in [4.69, 9.17) is 9.47 Å². The molecule has 5 heteroatoms. The van der Waals surface area contributed by atoms with Crippen molar-refractivity contribution in [3.8, 4) is 0 Å². The van der Waals surface area contributed by atoms with Crippen LogP contribution >= 0.6 is 0 Å². The molecule has 0 bridgehead atoms. The van der Waals surface area contributed by atoms with Crippen molar-refractivity contribution in [3.63, 3.8) is 0 Å². The van der Waals surface area contributed by atoms with Crippen LogP contribution < -0.4 is 0 Å². The van der Waals surface area contributed by atoms with Gasteiger partial charge in [0.1, 0.15) is 6.61 Å². The topological polar surface area (TPSA) is 65.0 Å². The summed E-state index contributed by atoms with van der Waals surface area (Å²) in [5.41, 5.74) is 1.02. The fourth-order valence-corrected chi connectivity index (χ4v) is 3.07. The van der Waals surface area contributed by atoms with Gasteiger partial charge in [0.2, 0.25) is 5.72 Å². The monoisotopic (exact) mass is 377 g/mol. The van der Waals surface area contributed by atoms with E-state index in [0.29, 0.717) is 18.6 Å². The van der Waals surface area contributed by atoms with E-state index in [1.54, 1.807) is 6.08 Å². The highest BCUT2D eigenvalue weighted by Gasteiger charge is 2.40. The van der Waals surface area contributed by atoms with Gasteiger partial charge < -0.3 is 9.47 Å². The summed E-state index contributed by atoms with van der Waals surface area (Å²) in [6.07, 6.45) is 4.73. The fraction of sp³-hybridized carbons (Fsp3) is 0.261. The Bertz CT molecular complexity index is 874.